The van der Waals surface area contributed by atoms with Crippen LogP contribution in [0.4, 0.5) is 0 Å². The van der Waals surface area contributed by atoms with Gasteiger partial charge in [0.1, 0.15) is 5.69 Å². The van der Waals surface area contributed by atoms with E-state index in [0.29, 0.717) is 5.69 Å². The molecule has 2 heterocycles. The molecule has 11 heavy (non-hydrogen) atoms. The van der Waals surface area contributed by atoms with Crippen LogP contribution in [0.2, 0.25) is 0 Å². The van der Waals surface area contributed by atoms with Gasteiger partial charge in [0, 0.05) is 17.1 Å². The minimum atomic E-state index is -0.416. The van der Waals surface area contributed by atoms with E-state index >= 15 is 0 Å². The van der Waals surface area contributed by atoms with Crippen LogP contribution in [0, 0.1) is 0 Å². The van der Waals surface area contributed by atoms with E-state index in [-0.39, 0.29) is 0 Å². The average Bonchev–Trinajstić information content (AvgIpc) is 2.41. The third kappa shape index (κ3) is 0.920. The molecule has 0 fully saturated rings. The van der Waals surface area contributed by atoms with E-state index in [1.54, 1.807) is 11.8 Å². The Morgan fingerprint density at radius 2 is 2.45 bits per heavy atom. The lowest BCUT2D eigenvalue weighted by Crippen LogP contribution is -2.13. The first kappa shape index (κ1) is 6.72. The van der Waals surface area contributed by atoms with Gasteiger partial charge in [0.05, 0.1) is 5.69 Å². The summed E-state index contributed by atoms with van der Waals surface area (Å²) in [5, 5.41) is 6.61. The molecule has 1 aromatic heterocycles. The SMILES string of the molecule is NC(=O)c1[nH]nc2c1CSC2. The third-order valence-electron chi connectivity index (χ3n) is 1.68. The van der Waals surface area contributed by atoms with E-state index in [1.165, 1.54) is 0 Å². The second-order valence-corrected chi connectivity index (χ2v) is 3.37. The van der Waals surface area contributed by atoms with Crippen LogP contribution < -0.4 is 5.73 Å². The summed E-state index contributed by atoms with van der Waals surface area (Å²) >= 11 is 1.75. The van der Waals surface area contributed by atoms with Gasteiger partial charge in [-0.05, 0) is 0 Å². The van der Waals surface area contributed by atoms with Gasteiger partial charge in [-0.1, -0.05) is 0 Å². The van der Waals surface area contributed by atoms with Crippen molar-refractivity contribution in [3.63, 3.8) is 0 Å². The summed E-state index contributed by atoms with van der Waals surface area (Å²) in [7, 11) is 0. The minimum absolute atomic E-state index is 0.416. The molecule has 0 unspecified atom stereocenters. The Kier molecular flexibility index (Phi) is 1.38. The Morgan fingerprint density at radius 3 is 3.18 bits per heavy atom. The van der Waals surface area contributed by atoms with Gasteiger partial charge in [-0.25, -0.2) is 0 Å². The molecule has 0 saturated heterocycles. The fourth-order valence-corrected chi connectivity index (χ4v) is 2.18. The number of aromatic nitrogens is 2. The molecule has 0 aliphatic carbocycles. The smallest absolute Gasteiger partial charge is 0.267 e. The maximum atomic E-state index is 10.8. The van der Waals surface area contributed by atoms with Gasteiger partial charge >= 0.3 is 0 Å². The van der Waals surface area contributed by atoms with E-state index < -0.39 is 5.91 Å². The first-order chi connectivity index (χ1) is 5.29. The Morgan fingerprint density at radius 1 is 1.64 bits per heavy atom. The Bertz CT molecular complexity index is 307. The average molecular weight is 169 g/mol. The second kappa shape index (κ2) is 2.27. The zero-order chi connectivity index (χ0) is 7.84. The molecule has 1 amide bonds. The minimum Gasteiger partial charge on any atom is -0.364 e. The predicted molar refractivity (Wildman–Crippen MR) is 42.1 cm³/mol. The van der Waals surface area contributed by atoms with Gasteiger partial charge < -0.3 is 5.73 Å². The summed E-state index contributed by atoms with van der Waals surface area (Å²) in [6.07, 6.45) is 0. The number of fused-ring (bicyclic) bond motifs is 1. The van der Waals surface area contributed by atoms with Crippen molar-refractivity contribution in [2.45, 2.75) is 11.5 Å². The number of H-pyrrole nitrogens is 1. The monoisotopic (exact) mass is 169 g/mol. The summed E-state index contributed by atoms with van der Waals surface area (Å²) in [6, 6.07) is 0. The van der Waals surface area contributed by atoms with Crippen LogP contribution in [-0.4, -0.2) is 16.1 Å². The molecule has 0 atom stereocenters. The normalized spacial score (nSPS) is 14.9. The van der Waals surface area contributed by atoms with Crippen molar-refractivity contribution in [3.8, 4) is 0 Å². The van der Waals surface area contributed by atoms with Crippen molar-refractivity contribution in [2.24, 2.45) is 5.73 Å². The number of aromatic amines is 1. The molecule has 0 aromatic carbocycles. The lowest BCUT2D eigenvalue weighted by Gasteiger charge is -1.90. The molecular weight excluding hydrogens is 162 g/mol. The molecule has 5 heteroatoms. The summed E-state index contributed by atoms with van der Waals surface area (Å²) in [5.74, 6) is 1.32. The van der Waals surface area contributed by atoms with E-state index in [9.17, 15) is 4.79 Å². The van der Waals surface area contributed by atoms with Gasteiger partial charge in [0.15, 0.2) is 0 Å². The molecular formula is C6H7N3OS. The van der Waals surface area contributed by atoms with Crippen LogP contribution in [-0.2, 0) is 11.5 Å². The molecule has 1 aliphatic heterocycles. The van der Waals surface area contributed by atoms with Crippen molar-refractivity contribution in [1.82, 2.24) is 10.2 Å². The van der Waals surface area contributed by atoms with Crippen LogP contribution in [0.15, 0.2) is 0 Å². The third-order valence-corrected chi connectivity index (χ3v) is 2.65. The number of hydrogen-bond acceptors (Lipinski definition) is 3. The summed E-state index contributed by atoms with van der Waals surface area (Å²) in [5.41, 5.74) is 7.55. The zero-order valence-electron chi connectivity index (χ0n) is 5.76. The molecule has 1 aromatic rings. The van der Waals surface area contributed by atoms with Gasteiger partial charge in [-0.3, -0.25) is 9.89 Å². The van der Waals surface area contributed by atoms with Gasteiger partial charge in [-0.2, -0.15) is 16.9 Å². The molecule has 0 saturated carbocycles. The number of primary amides is 1. The van der Waals surface area contributed by atoms with Crippen LogP contribution in [0.1, 0.15) is 21.7 Å². The lowest BCUT2D eigenvalue weighted by molar-refractivity contribution is 0.0995. The van der Waals surface area contributed by atoms with Crippen molar-refractivity contribution >= 4 is 17.7 Å². The molecule has 0 spiro atoms. The first-order valence-electron chi connectivity index (χ1n) is 3.22. The summed E-state index contributed by atoms with van der Waals surface area (Å²) in [6.45, 7) is 0. The van der Waals surface area contributed by atoms with E-state index in [2.05, 4.69) is 10.2 Å². The largest absolute Gasteiger partial charge is 0.364 e. The lowest BCUT2D eigenvalue weighted by atomic mass is 10.2. The molecule has 1 aliphatic rings. The predicted octanol–water partition coefficient (Wildman–Crippen LogP) is 0.255. The quantitative estimate of drug-likeness (QED) is 0.633. The Labute approximate surface area is 67.5 Å². The number of thioether (sulfide) groups is 1. The van der Waals surface area contributed by atoms with E-state index in [1.807, 2.05) is 0 Å². The number of nitrogens with one attached hydrogen (secondary N) is 1. The van der Waals surface area contributed by atoms with Crippen molar-refractivity contribution in [1.29, 1.82) is 0 Å². The number of nitrogens with two attached hydrogens (primary N) is 1. The highest BCUT2D eigenvalue weighted by Crippen LogP contribution is 2.29. The number of nitrogens with zero attached hydrogens (tertiary/aromatic N) is 1. The fourth-order valence-electron chi connectivity index (χ4n) is 1.13. The van der Waals surface area contributed by atoms with Crippen molar-refractivity contribution in [2.75, 3.05) is 0 Å². The molecule has 0 radical (unpaired) electrons. The second-order valence-electron chi connectivity index (χ2n) is 2.38. The maximum absolute atomic E-state index is 10.8. The highest BCUT2D eigenvalue weighted by atomic mass is 32.2. The highest BCUT2D eigenvalue weighted by Gasteiger charge is 2.21. The van der Waals surface area contributed by atoms with Gasteiger partial charge in [0.25, 0.3) is 5.91 Å². The number of carbonyl (C=O) groups is 1. The molecule has 3 N–H and O–H groups in total. The van der Waals surface area contributed by atoms with Crippen LogP contribution in [0.25, 0.3) is 0 Å². The number of rotatable bonds is 1. The zero-order valence-corrected chi connectivity index (χ0v) is 6.57. The van der Waals surface area contributed by atoms with E-state index in [4.69, 9.17) is 5.73 Å². The number of carbonyl (C=O) groups excluding carboxylic acids is 1. The number of hydrogen-bond donors (Lipinski definition) is 2. The molecule has 58 valence electrons. The molecule has 0 bridgehead atoms. The summed E-state index contributed by atoms with van der Waals surface area (Å²) in [4.78, 5) is 10.8. The first-order valence-corrected chi connectivity index (χ1v) is 4.38. The Balaban J connectivity index is 2.50. The van der Waals surface area contributed by atoms with Crippen molar-refractivity contribution in [3.05, 3.63) is 17.0 Å². The molecule has 4 nitrogen and oxygen atoms in total. The fraction of sp³-hybridized carbons (Fsp3) is 0.333. The van der Waals surface area contributed by atoms with Crippen molar-refractivity contribution < 1.29 is 4.79 Å². The topological polar surface area (TPSA) is 71.8 Å². The van der Waals surface area contributed by atoms with Crippen LogP contribution in [0.5, 0.6) is 0 Å². The van der Waals surface area contributed by atoms with Gasteiger partial charge in [0.2, 0.25) is 0 Å². The van der Waals surface area contributed by atoms with Crippen LogP contribution in [0.3, 0.4) is 0 Å². The van der Waals surface area contributed by atoms with Crippen LogP contribution >= 0.6 is 11.8 Å². The van der Waals surface area contributed by atoms with Gasteiger partial charge in [-0.15, -0.1) is 0 Å². The Hall–Kier alpha value is -0.970. The standard InChI is InChI=1S/C6H7N3OS/c7-6(10)5-3-1-11-2-4(3)8-9-5/h1-2H2,(H2,7,10)(H,8,9). The summed E-state index contributed by atoms with van der Waals surface area (Å²) < 4.78 is 0. The maximum Gasteiger partial charge on any atom is 0.267 e. The number of amides is 1. The van der Waals surface area contributed by atoms with E-state index in [0.717, 1.165) is 22.8 Å². The molecule has 2 rings (SSSR count). The highest BCUT2D eigenvalue weighted by molar-refractivity contribution is 7.98.